The van der Waals surface area contributed by atoms with Gasteiger partial charge in [-0.1, -0.05) is 193 Å². The summed E-state index contributed by atoms with van der Waals surface area (Å²) in [6.07, 6.45) is 9.47. The Morgan fingerprint density at radius 3 is 1.72 bits per heavy atom. The van der Waals surface area contributed by atoms with E-state index in [4.69, 9.17) is 0 Å². The Balaban J connectivity index is 1.11. The van der Waals surface area contributed by atoms with E-state index in [1.54, 1.807) is 0 Å². The summed E-state index contributed by atoms with van der Waals surface area (Å²) in [4.78, 5) is 8.17. The van der Waals surface area contributed by atoms with Crippen LogP contribution >= 0.6 is 0 Å². The normalized spacial score (nSPS) is 19.3. The number of hydrogen-bond donors (Lipinski definition) is 0. The molecule has 0 radical (unpaired) electrons. The van der Waals surface area contributed by atoms with Gasteiger partial charge in [-0.2, -0.15) is 0 Å². The van der Waals surface area contributed by atoms with Crippen LogP contribution in [-0.4, -0.2) is 12.3 Å². The third-order valence-corrected chi connectivity index (χ3v) is 18.3. The minimum Gasteiger partial charge on any atom is -0.334 e. The molecule has 2 atom stereocenters. The van der Waals surface area contributed by atoms with Crippen molar-refractivity contribution in [3.63, 3.8) is 0 Å². The molecule has 0 amide bonds. The smallest absolute Gasteiger partial charge is 0.252 e. The minimum atomic E-state index is -0.144. The Labute approximate surface area is 439 Å². The van der Waals surface area contributed by atoms with E-state index in [0.29, 0.717) is 0 Å². The van der Waals surface area contributed by atoms with Gasteiger partial charge in [-0.05, 0) is 165 Å². The van der Waals surface area contributed by atoms with Crippen LogP contribution < -0.4 is 31.1 Å². The predicted octanol–water partition coefficient (Wildman–Crippen LogP) is 16.7. The molecule has 0 saturated heterocycles. The largest absolute Gasteiger partial charge is 0.334 e. The maximum absolute atomic E-state index is 2.82. The summed E-state index contributed by atoms with van der Waals surface area (Å²) in [7, 11) is 0. The van der Waals surface area contributed by atoms with Gasteiger partial charge in [-0.25, -0.2) is 0 Å². The summed E-state index contributed by atoms with van der Waals surface area (Å²) in [5, 5.41) is 0. The van der Waals surface area contributed by atoms with E-state index in [2.05, 4.69) is 250 Å². The zero-order valence-corrected chi connectivity index (χ0v) is 43.6. The molecule has 362 valence electrons. The lowest BCUT2D eigenvalue weighted by molar-refractivity contribution is 0.261. The van der Waals surface area contributed by atoms with Crippen molar-refractivity contribution in [2.24, 2.45) is 0 Å². The molecular formula is C70H64BN3. The Morgan fingerprint density at radius 2 is 1.00 bits per heavy atom. The van der Waals surface area contributed by atoms with Crippen molar-refractivity contribution in [3.8, 4) is 33.4 Å². The van der Waals surface area contributed by atoms with Crippen LogP contribution in [0.25, 0.3) is 33.4 Å². The lowest BCUT2D eigenvalue weighted by Gasteiger charge is -2.48. The standard InChI is InChI=1S/C70H64BN3/c1-68(2,3)54-34-38-61(57(44-54)50-25-14-8-15-26-50)73-64-43-52-28-20-27-51(52)41-60(64)71-59-42-53(48-23-12-7-13-24-48)33-37-63(59)72(55-35-31-49(32-36-55)47-21-10-6-11-22-47)65-45-56(46-66(73)67(65)71)74-62-30-17-16-29-58(62)69(4)39-18-9-19-40-70(69,74)5/h6-8,10-17,21-26,29-38,41-46H,9,18-20,27-28,39-40H2,1-5H3. The van der Waals surface area contributed by atoms with Gasteiger partial charge in [0.1, 0.15) is 0 Å². The van der Waals surface area contributed by atoms with Crippen LogP contribution in [0.15, 0.2) is 200 Å². The van der Waals surface area contributed by atoms with E-state index >= 15 is 0 Å². The number of nitrogens with zero attached hydrogens (tertiary/aromatic N) is 3. The number of hydrogen-bond acceptors (Lipinski definition) is 3. The molecular weight excluding hydrogens is 894 g/mol. The predicted molar refractivity (Wildman–Crippen MR) is 315 cm³/mol. The Bertz CT molecular complexity index is 3650. The summed E-state index contributed by atoms with van der Waals surface area (Å²) in [6, 6.07) is 77.0. The molecule has 3 nitrogen and oxygen atoms in total. The van der Waals surface area contributed by atoms with Gasteiger partial charge in [0, 0.05) is 50.8 Å². The van der Waals surface area contributed by atoms with Crippen LogP contribution in [0.2, 0.25) is 0 Å². The fourth-order valence-corrected chi connectivity index (χ4v) is 14.3. The van der Waals surface area contributed by atoms with E-state index in [-0.39, 0.29) is 23.1 Å². The van der Waals surface area contributed by atoms with Crippen LogP contribution in [0.4, 0.5) is 45.5 Å². The molecule has 3 aliphatic heterocycles. The SMILES string of the molecule is CC(C)(C)c1ccc(N2c3cc4c(cc3B3c5cc(-c6ccccc6)ccc5N(c5ccc(-c6ccccc6)cc5)c5cc(N6c7ccccc7C7(C)CCCCCC67C)cc2c53)CCC4)c(-c2ccccc2)c1. The van der Waals surface area contributed by atoms with Crippen LogP contribution in [-0.2, 0) is 23.7 Å². The second-order valence-electron chi connectivity index (χ2n) is 23.5. The molecule has 0 spiro atoms. The van der Waals surface area contributed by atoms with Gasteiger partial charge >= 0.3 is 0 Å². The Kier molecular flexibility index (Phi) is 10.4. The number of rotatable bonds is 6. The molecule has 2 unspecified atom stereocenters. The quantitative estimate of drug-likeness (QED) is 0.154. The fraction of sp³-hybridized carbons (Fsp3) is 0.229. The summed E-state index contributed by atoms with van der Waals surface area (Å²) in [6.45, 7) is 12.2. The van der Waals surface area contributed by atoms with Crippen molar-refractivity contribution in [2.45, 2.75) is 102 Å². The molecule has 14 rings (SSSR count). The number of anilines is 8. The van der Waals surface area contributed by atoms with Gasteiger partial charge in [-0.15, -0.1) is 0 Å². The molecule has 1 fully saturated rings. The van der Waals surface area contributed by atoms with Crippen molar-refractivity contribution >= 4 is 68.6 Å². The van der Waals surface area contributed by atoms with Crippen LogP contribution in [0.5, 0.6) is 0 Å². The van der Waals surface area contributed by atoms with E-state index < -0.39 is 0 Å². The lowest BCUT2D eigenvalue weighted by Crippen LogP contribution is -2.61. The van der Waals surface area contributed by atoms with E-state index in [9.17, 15) is 0 Å². The van der Waals surface area contributed by atoms with Crippen LogP contribution in [0.3, 0.4) is 0 Å². The molecule has 74 heavy (non-hydrogen) atoms. The van der Waals surface area contributed by atoms with E-state index in [1.807, 2.05) is 0 Å². The topological polar surface area (TPSA) is 9.72 Å². The Morgan fingerprint density at radius 1 is 0.419 bits per heavy atom. The third kappa shape index (κ3) is 6.86. The highest BCUT2D eigenvalue weighted by molar-refractivity contribution is 7.00. The lowest BCUT2D eigenvalue weighted by atomic mass is 9.33. The monoisotopic (exact) mass is 958 g/mol. The fourth-order valence-electron chi connectivity index (χ4n) is 14.3. The van der Waals surface area contributed by atoms with Crippen molar-refractivity contribution in [3.05, 3.63) is 222 Å². The van der Waals surface area contributed by atoms with Gasteiger partial charge in [0.05, 0.1) is 11.2 Å². The zero-order valence-electron chi connectivity index (χ0n) is 43.6. The first-order valence-corrected chi connectivity index (χ1v) is 27.5. The van der Waals surface area contributed by atoms with Crippen molar-refractivity contribution < 1.29 is 0 Å². The maximum atomic E-state index is 2.82. The maximum Gasteiger partial charge on any atom is 0.252 e. The molecule has 0 N–H and O–H groups in total. The van der Waals surface area contributed by atoms with Crippen LogP contribution in [0.1, 0.15) is 95.4 Å². The van der Waals surface area contributed by atoms with Crippen molar-refractivity contribution in [2.75, 3.05) is 14.7 Å². The summed E-state index contributed by atoms with van der Waals surface area (Å²) < 4.78 is 0. The highest BCUT2D eigenvalue weighted by Gasteiger charge is 2.57. The first-order valence-electron chi connectivity index (χ1n) is 27.5. The zero-order chi connectivity index (χ0) is 49.9. The number of benzene rings is 9. The highest BCUT2D eigenvalue weighted by atomic mass is 15.3. The highest BCUT2D eigenvalue weighted by Crippen LogP contribution is 2.61. The average Bonchev–Trinajstić information content (AvgIpc) is 3.93. The minimum absolute atomic E-state index is 0.0108. The van der Waals surface area contributed by atoms with E-state index in [1.165, 1.54) is 144 Å². The number of para-hydroxylation sites is 1. The first kappa shape index (κ1) is 45.1. The van der Waals surface area contributed by atoms with Crippen LogP contribution in [0, 0.1) is 0 Å². The molecule has 3 heterocycles. The molecule has 2 aliphatic carbocycles. The molecule has 0 bridgehead atoms. The molecule has 9 aromatic carbocycles. The first-order chi connectivity index (χ1) is 36.1. The van der Waals surface area contributed by atoms with Gasteiger partial charge in [0.15, 0.2) is 0 Å². The van der Waals surface area contributed by atoms with Gasteiger partial charge in [0.25, 0.3) is 6.71 Å². The van der Waals surface area contributed by atoms with Gasteiger partial charge in [-0.3, -0.25) is 0 Å². The molecule has 0 aromatic heterocycles. The summed E-state index contributed by atoms with van der Waals surface area (Å²) in [5.41, 5.74) is 27.2. The average molecular weight is 958 g/mol. The molecule has 1 saturated carbocycles. The third-order valence-electron chi connectivity index (χ3n) is 18.3. The van der Waals surface area contributed by atoms with Crippen molar-refractivity contribution in [1.29, 1.82) is 0 Å². The number of aryl methyl sites for hydroxylation is 2. The Hall–Kier alpha value is -7.56. The molecule has 5 aliphatic rings. The summed E-state index contributed by atoms with van der Waals surface area (Å²) >= 11 is 0. The van der Waals surface area contributed by atoms with Crippen molar-refractivity contribution in [1.82, 2.24) is 0 Å². The molecule has 4 heteroatoms. The van der Waals surface area contributed by atoms with Gasteiger partial charge < -0.3 is 14.7 Å². The molecule has 9 aromatic rings. The van der Waals surface area contributed by atoms with Gasteiger partial charge in [0.2, 0.25) is 0 Å². The van der Waals surface area contributed by atoms with E-state index in [0.717, 1.165) is 24.9 Å². The summed E-state index contributed by atoms with van der Waals surface area (Å²) in [5.74, 6) is 0. The number of fused-ring (bicyclic) bond motifs is 8. The second kappa shape index (κ2) is 17.0. The second-order valence-corrected chi connectivity index (χ2v) is 23.5.